The topological polar surface area (TPSA) is 84.9 Å². The molecule has 2 aromatic carbocycles. The van der Waals surface area contributed by atoms with Crippen LogP contribution in [0.15, 0.2) is 47.4 Å². The maximum atomic E-state index is 12.7. The van der Waals surface area contributed by atoms with Crippen molar-refractivity contribution >= 4 is 52.2 Å². The van der Waals surface area contributed by atoms with E-state index in [2.05, 4.69) is 5.32 Å². The van der Waals surface area contributed by atoms with E-state index in [1.807, 2.05) is 13.8 Å². The van der Waals surface area contributed by atoms with Gasteiger partial charge in [-0.1, -0.05) is 24.6 Å². The number of imide groups is 1. The highest BCUT2D eigenvalue weighted by atomic mass is 35.5. The fourth-order valence-electron chi connectivity index (χ4n) is 2.84. The Labute approximate surface area is 195 Å². The first-order valence-electron chi connectivity index (χ1n) is 9.96. The van der Waals surface area contributed by atoms with Crippen LogP contribution in [0.2, 0.25) is 5.02 Å². The van der Waals surface area contributed by atoms with Gasteiger partial charge in [0.25, 0.3) is 11.1 Å². The van der Waals surface area contributed by atoms with Crippen molar-refractivity contribution in [2.45, 2.75) is 26.4 Å². The molecule has 0 bridgehead atoms. The molecule has 3 amide bonds. The Balaban J connectivity index is 1.70. The first-order valence-corrected chi connectivity index (χ1v) is 11.2. The lowest BCUT2D eigenvalue weighted by Gasteiger charge is -2.15. The number of ether oxygens (including phenoxy) is 2. The van der Waals surface area contributed by atoms with Gasteiger partial charge in [0, 0.05) is 10.7 Å². The van der Waals surface area contributed by atoms with Crippen molar-refractivity contribution in [2.75, 3.05) is 19.0 Å². The van der Waals surface area contributed by atoms with Crippen LogP contribution in [0.25, 0.3) is 6.08 Å². The second kappa shape index (κ2) is 10.6. The van der Waals surface area contributed by atoms with Gasteiger partial charge in [-0.05, 0) is 73.1 Å². The van der Waals surface area contributed by atoms with Gasteiger partial charge in [-0.15, -0.1) is 0 Å². The third-order valence-corrected chi connectivity index (χ3v) is 5.85. The number of thioether (sulfide) groups is 1. The number of benzene rings is 2. The van der Waals surface area contributed by atoms with E-state index in [0.717, 1.165) is 23.1 Å². The lowest BCUT2D eigenvalue weighted by Crippen LogP contribution is -2.36. The van der Waals surface area contributed by atoms with Crippen molar-refractivity contribution in [1.82, 2.24) is 4.90 Å². The molecule has 1 fully saturated rings. The molecule has 1 atom stereocenters. The molecule has 1 aliphatic rings. The first-order chi connectivity index (χ1) is 15.3. The van der Waals surface area contributed by atoms with Crippen LogP contribution < -0.4 is 14.8 Å². The molecule has 32 heavy (non-hydrogen) atoms. The summed E-state index contributed by atoms with van der Waals surface area (Å²) in [7, 11) is 1.54. The molecule has 0 radical (unpaired) electrons. The number of methoxy groups -OCH3 is 1. The maximum Gasteiger partial charge on any atom is 0.294 e. The highest BCUT2D eigenvalue weighted by Crippen LogP contribution is 2.35. The van der Waals surface area contributed by atoms with E-state index in [4.69, 9.17) is 21.1 Å². The normalized spacial score (nSPS) is 15.8. The molecule has 1 N–H and O–H groups in total. The number of halogens is 1. The summed E-state index contributed by atoms with van der Waals surface area (Å²) in [6.45, 7) is 3.61. The maximum absolute atomic E-state index is 12.7. The van der Waals surface area contributed by atoms with E-state index in [0.29, 0.717) is 27.8 Å². The van der Waals surface area contributed by atoms with Crippen LogP contribution in [-0.2, 0) is 9.59 Å². The molecule has 0 saturated carbocycles. The quantitative estimate of drug-likeness (QED) is 0.529. The Bertz CT molecular complexity index is 1050. The van der Waals surface area contributed by atoms with Crippen molar-refractivity contribution < 1.29 is 23.9 Å². The SMILES string of the molecule is CC[C@H](C)Oc1ccc(/C=C2\SC(=O)N(CC(=O)Nc3ccc(Cl)cc3)C2=O)cc1OC. The van der Waals surface area contributed by atoms with Crippen LogP contribution >= 0.6 is 23.4 Å². The van der Waals surface area contributed by atoms with E-state index in [-0.39, 0.29) is 17.6 Å². The molecule has 7 nitrogen and oxygen atoms in total. The number of carbonyl (C=O) groups is 3. The van der Waals surface area contributed by atoms with Crippen molar-refractivity contribution in [3.8, 4) is 11.5 Å². The summed E-state index contributed by atoms with van der Waals surface area (Å²) in [6, 6.07) is 11.8. The Morgan fingerprint density at radius 1 is 1.19 bits per heavy atom. The number of anilines is 1. The number of carbonyl (C=O) groups excluding carboxylic acids is 3. The van der Waals surface area contributed by atoms with Crippen LogP contribution in [0.3, 0.4) is 0 Å². The molecule has 0 aromatic heterocycles. The summed E-state index contributed by atoms with van der Waals surface area (Å²) < 4.78 is 11.2. The van der Waals surface area contributed by atoms with E-state index >= 15 is 0 Å². The average Bonchev–Trinajstić information content (AvgIpc) is 3.03. The number of hydrogen-bond donors (Lipinski definition) is 1. The van der Waals surface area contributed by atoms with Crippen LogP contribution in [0.4, 0.5) is 10.5 Å². The molecule has 0 unspecified atom stereocenters. The molecular formula is C23H23ClN2O5S. The third-order valence-electron chi connectivity index (χ3n) is 4.69. The number of nitrogens with zero attached hydrogens (tertiary/aromatic N) is 1. The van der Waals surface area contributed by atoms with E-state index < -0.39 is 17.1 Å². The van der Waals surface area contributed by atoms with Gasteiger partial charge in [0.05, 0.1) is 18.1 Å². The van der Waals surface area contributed by atoms with Crippen LogP contribution in [0, 0.1) is 0 Å². The highest BCUT2D eigenvalue weighted by molar-refractivity contribution is 8.18. The molecule has 1 saturated heterocycles. The molecule has 2 aromatic rings. The van der Waals surface area contributed by atoms with E-state index in [1.165, 1.54) is 7.11 Å². The molecule has 1 aliphatic heterocycles. The van der Waals surface area contributed by atoms with Gasteiger partial charge in [0.15, 0.2) is 11.5 Å². The lowest BCUT2D eigenvalue weighted by atomic mass is 10.1. The standard InChI is InChI=1S/C23H23ClN2O5S/c1-4-14(2)31-18-10-5-15(11-19(18)30-3)12-20-22(28)26(23(29)32-20)13-21(27)25-17-8-6-16(24)7-9-17/h5-12,14H,4,13H2,1-3H3,(H,25,27)/b20-12-/t14-/m0/s1. The van der Waals surface area contributed by atoms with Crippen LogP contribution in [0.5, 0.6) is 11.5 Å². The van der Waals surface area contributed by atoms with Crippen molar-refractivity contribution in [3.05, 3.63) is 58.0 Å². The summed E-state index contributed by atoms with van der Waals surface area (Å²) in [5.41, 5.74) is 1.20. The fourth-order valence-corrected chi connectivity index (χ4v) is 3.80. The molecule has 1 heterocycles. The number of nitrogens with one attached hydrogen (secondary N) is 1. The van der Waals surface area contributed by atoms with Crippen molar-refractivity contribution in [1.29, 1.82) is 0 Å². The predicted octanol–water partition coefficient (Wildman–Crippen LogP) is 5.20. The first kappa shape index (κ1) is 23.7. The largest absolute Gasteiger partial charge is 0.493 e. The Hall–Kier alpha value is -2.97. The average molecular weight is 475 g/mol. The Morgan fingerprint density at radius 2 is 1.91 bits per heavy atom. The number of rotatable bonds is 8. The van der Waals surface area contributed by atoms with Crippen LogP contribution in [-0.4, -0.2) is 41.7 Å². The zero-order valence-electron chi connectivity index (χ0n) is 17.9. The third kappa shape index (κ3) is 5.83. The molecule has 3 rings (SSSR count). The summed E-state index contributed by atoms with van der Waals surface area (Å²) in [6.07, 6.45) is 2.48. The van der Waals surface area contributed by atoms with Gasteiger partial charge in [-0.25, -0.2) is 0 Å². The van der Waals surface area contributed by atoms with E-state index in [1.54, 1.807) is 48.5 Å². The second-order valence-electron chi connectivity index (χ2n) is 7.07. The van der Waals surface area contributed by atoms with Gasteiger partial charge in [-0.3, -0.25) is 19.3 Å². The lowest BCUT2D eigenvalue weighted by molar-refractivity contribution is -0.127. The molecule has 0 spiro atoms. The predicted molar refractivity (Wildman–Crippen MR) is 126 cm³/mol. The Kier molecular flexibility index (Phi) is 7.82. The summed E-state index contributed by atoms with van der Waals surface area (Å²) in [5.74, 6) is 0.126. The van der Waals surface area contributed by atoms with Gasteiger partial charge >= 0.3 is 0 Å². The zero-order chi connectivity index (χ0) is 23.3. The van der Waals surface area contributed by atoms with Gasteiger partial charge < -0.3 is 14.8 Å². The minimum atomic E-state index is -0.523. The summed E-state index contributed by atoms with van der Waals surface area (Å²) in [5, 5.41) is 2.67. The van der Waals surface area contributed by atoms with Crippen molar-refractivity contribution in [2.24, 2.45) is 0 Å². The molecule has 0 aliphatic carbocycles. The summed E-state index contributed by atoms with van der Waals surface area (Å²) >= 11 is 6.62. The highest BCUT2D eigenvalue weighted by Gasteiger charge is 2.36. The Morgan fingerprint density at radius 3 is 2.56 bits per heavy atom. The second-order valence-corrected chi connectivity index (χ2v) is 8.50. The van der Waals surface area contributed by atoms with Gasteiger partial charge in [0.1, 0.15) is 6.54 Å². The summed E-state index contributed by atoms with van der Waals surface area (Å²) in [4.78, 5) is 38.5. The number of hydrogen-bond acceptors (Lipinski definition) is 6. The van der Waals surface area contributed by atoms with E-state index in [9.17, 15) is 14.4 Å². The minimum Gasteiger partial charge on any atom is -0.493 e. The zero-order valence-corrected chi connectivity index (χ0v) is 19.5. The molecular weight excluding hydrogens is 452 g/mol. The van der Waals surface area contributed by atoms with Gasteiger partial charge in [-0.2, -0.15) is 0 Å². The molecule has 9 heteroatoms. The monoisotopic (exact) mass is 474 g/mol. The van der Waals surface area contributed by atoms with Crippen molar-refractivity contribution in [3.63, 3.8) is 0 Å². The smallest absolute Gasteiger partial charge is 0.294 e. The molecule has 168 valence electrons. The minimum absolute atomic E-state index is 0.0327. The number of amides is 3. The van der Waals surface area contributed by atoms with Crippen LogP contribution in [0.1, 0.15) is 25.8 Å². The van der Waals surface area contributed by atoms with Gasteiger partial charge in [0.2, 0.25) is 5.91 Å². The fraction of sp³-hybridized carbons (Fsp3) is 0.261.